The van der Waals surface area contributed by atoms with E-state index in [9.17, 15) is 13.2 Å². The lowest BCUT2D eigenvalue weighted by Gasteiger charge is -2.25. The van der Waals surface area contributed by atoms with Gasteiger partial charge in [0, 0.05) is 12.6 Å². The highest BCUT2D eigenvalue weighted by molar-refractivity contribution is 6.31. The van der Waals surface area contributed by atoms with E-state index >= 15 is 0 Å². The summed E-state index contributed by atoms with van der Waals surface area (Å²) in [7, 11) is 1.74. The Hall–Kier alpha value is -1.01. The summed E-state index contributed by atoms with van der Waals surface area (Å²) < 4.78 is 37.8. The van der Waals surface area contributed by atoms with Gasteiger partial charge in [-0.3, -0.25) is 0 Å². The number of alkyl halides is 3. The average Bonchev–Trinajstić information content (AvgIpc) is 3.12. The number of pyridine rings is 1. The SMILES string of the molecule is CNCc1nc(N(CC(F)(F)F)C2CC2)ccc1Cl. The van der Waals surface area contributed by atoms with E-state index in [0.29, 0.717) is 23.1 Å². The molecule has 0 bridgehead atoms. The third kappa shape index (κ3) is 3.98. The van der Waals surface area contributed by atoms with Crippen molar-refractivity contribution in [2.24, 2.45) is 0 Å². The molecule has 0 unspecified atom stereocenters. The number of nitrogens with zero attached hydrogens (tertiary/aromatic N) is 2. The Morgan fingerprint density at radius 3 is 2.63 bits per heavy atom. The second-order valence-corrected chi connectivity index (χ2v) is 5.01. The first-order valence-corrected chi connectivity index (χ1v) is 6.42. The minimum Gasteiger partial charge on any atom is -0.345 e. The van der Waals surface area contributed by atoms with Crippen molar-refractivity contribution in [3.63, 3.8) is 0 Å². The highest BCUT2D eigenvalue weighted by Crippen LogP contribution is 2.34. The lowest BCUT2D eigenvalue weighted by Crippen LogP contribution is -2.36. The standard InChI is InChI=1S/C12H15ClF3N3/c1-17-6-10-9(13)4-5-11(18-10)19(8-2-3-8)7-12(14,15)16/h4-5,8,17H,2-3,6-7H2,1H3. The molecule has 1 N–H and O–H groups in total. The summed E-state index contributed by atoms with van der Waals surface area (Å²) in [4.78, 5) is 5.55. The summed E-state index contributed by atoms with van der Waals surface area (Å²) in [5, 5.41) is 3.36. The van der Waals surface area contributed by atoms with Gasteiger partial charge in [0.25, 0.3) is 0 Å². The lowest BCUT2D eigenvalue weighted by atomic mass is 10.3. The maximum atomic E-state index is 12.6. The minimum atomic E-state index is -4.23. The number of nitrogens with one attached hydrogen (secondary N) is 1. The Balaban J connectivity index is 2.24. The Bertz CT molecular complexity index is 446. The van der Waals surface area contributed by atoms with Crippen molar-refractivity contribution in [3.05, 3.63) is 22.8 Å². The van der Waals surface area contributed by atoms with Gasteiger partial charge in [0.1, 0.15) is 12.4 Å². The molecular weight excluding hydrogens is 279 g/mol. The molecule has 1 saturated carbocycles. The van der Waals surface area contributed by atoms with E-state index in [0.717, 1.165) is 12.8 Å². The van der Waals surface area contributed by atoms with Crippen LogP contribution >= 0.6 is 11.6 Å². The number of anilines is 1. The third-order valence-corrected chi connectivity index (χ3v) is 3.22. The van der Waals surface area contributed by atoms with E-state index in [4.69, 9.17) is 11.6 Å². The van der Waals surface area contributed by atoms with Gasteiger partial charge < -0.3 is 10.2 Å². The molecule has 0 saturated heterocycles. The number of hydrogen-bond acceptors (Lipinski definition) is 3. The van der Waals surface area contributed by atoms with Crippen LogP contribution in [0.15, 0.2) is 12.1 Å². The van der Waals surface area contributed by atoms with Crippen molar-refractivity contribution in [3.8, 4) is 0 Å². The lowest BCUT2D eigenvalue weighted by molar-refractivity contribution is -0.120. The van der Waals surface area contributed by atoms with Gasteiger partial charge in [-0.15, -0.1) is 0 Å². The molecule has 7 heteroatoms. The van der Waals surface area contributed by atoms with Crippen molar-refractivity contribution >= 4 is 17.4 Å². The largest absolute Gasteiger partial charge is 0.405 e. The van der Waals surface area contributed by atoms with Gasteiger partial charge in [-0.05, 0) is 32.0 Å². The quantitative estimate of drug-likeness (QED) is 0.904. The van der Waals surface area contributed by atoms with Crippen molar-refractivity contribution < 1.29 is 13.2 Å². The average molecular weight is 294 g/mol. The van der Waals surface area contributed by atoms with Crippen LogP contribution in [0.1, 0.15) is 18.5 Å². The molecule has 1 aliphatic carbocycles. The van der Waals surface area contributed by atoms with Crippen molar-refractivity contribution in [1.29, 1.82) is 0 Å². The normalized spacial score (nSPS) is 15.6. The molecule has 1 aromatic rings. The molecule has 0 spiro atoms. The maximum absolute atomic E-state index is 12.6. The molecular formula is C12H15ClF3N3. The van der Waals surface area contributed by atoms with Gasteiger partial charge >= 0.3 is 6.18 Å². The van der Waals surface area contributed by atoms with Crippen LogP contribution in [0.3, 0.4) is 0 Å². The molecule has 19 heavy (non-hydrogen) atoms. The monoisotopic (exact) mass is 293 g/mol. The van der Waals surface area contributed by atoms with Gasteiger partial charge in [-0.25, -0.2) is 4.98 Å². The number of rotatable bonds is 5. The number of aromatic nitrogens is 1. The van der Waals surface area contributed by atoms with Crippen LogP contribution in [0.2, 0.25) is 5.02 Å². The molecule has 3 nitrogen and oxygen atoms in total. The third-order valence-electron chi connectivity index (χ3n) is 2.88. The fourth-order valence-electron chi connectivity index (χ4n) is 1.90. The molecule has 0 atom stereocenters. The van der Waals surface area contributed by atoms with Gasteiger partial charge in [-0.1, -0.05) is 11.6 Å². The summed E-state index contributed by atoms with van der Waals surface area (Å²) in [6, 6.07) is 3.09. The van der Waals surface area contributed by atoms with Gasteiger partial charge in [0.15, 0.2) is 0 Å². The molecule has 0 amide bonds. The number of hydrogen-bond donors (Lipinski definition) is 1. The molecule has 1 fully saturated rings. The topological polar surface area (TPSA) is 28.2 Å². The zero-order valence-electron chi connectivity index (χ0n) is 10.5. The molecule has 1 heterocycles. The van der Waals surface area contributed by atoms with Gasteiger partial charge in [0.05, 0.1) is 10.7 Å². The fourth-order valence-corrected chi connectivity index (χ4v) is 2.07. The summed E-state index contributed by atoms with van der Waals surface area (Å²) >= 11 is 5.96. The first-order valence-electron chi connectivity index (χ1n) is 6.04. The molecule has 1 aliphatic rings. The van der Waals surface area contributed by atoms with E-state index in [-0.39, 0.29) is 6.04 Å². The van der Waals surface area contributed by atoms with E-state index in [1.165, 1.54) is 4.90 Å². The van der Waals surface area contributed by atoms with Gasteiger partial charge in [-0.2, -0.15) is 13.2 Å². The van der Waals surface area contributed by atoms with Crippen LogP contribution in [-0.4, -0.2) is 30.8 Å². The molecule has 106 valence electrons. The number of halogens is 4. The molecule has 1 aromatic heterocycles. The zero-order valence-corrected chi connectivity index (χ0v) is 11.2. The highest BCUT2D eigenvalue weighted by Gasteiger charge is 2.38. The predicted octanol–water partition coefficient (Wildman–Crippen LogP) is 2.99. The maximum Gasteiger partial charge on any atom is 0.405 e. The van der Waals surface area contributed by atoms with E-state index in [1.54, 1.807) is 19.2 Å². The fraction of sp³-hybridized carbons (Fsp3) is 0.583. The second kappa shape index (κ2) is 5.54. The molecule has 0 aromatic carbocycles. The van der Waals surface area contributed by atoms with E-state index in [2.05, 4.69) is 10.3 Å². The van der Waals surface area contributed by atoms with E-state index in [1.807, 2.05) is 0 Å². The first kappa shape index (κ1) is 14.4. The predicted molar refractivity (Wildman–Crippen MR) is 68.4 cm³/mol. The van der Waals surface area contributed by atoms with Crippen LogP contribution in [-0.2, 0) is 6.54 Å². The first-order chi connectivity index (χ1) is 8.90. The zero-order chi connectivity index (χ0) is 14.0. The summed E-state index contributed by atoms with van der Waals surface area (Å²) in [5.41, 5.74) is 0.564. The molecule has 2 rings (SSSR count). The van der Waals surface area contributed by atoms with Crippen molar-refractivity contribution in [2.75, 3.05) is 18.5 Å². The van der Waals surface area contributed by atoms with Crippen LogP contribution in [0.5, 0.6) is 0 Å². The Morgan fingerprint density at radius 2 is 2.11 bits per heavy atom. The van der Waals surface area contributed by atoms with Crippen LogP contribution < -0.4 is 10.2 Å². The van der Waals surface area contributed by atoms with Gasteiger partial charge in [0.2, 0.25) is 0 Å². The minimum absolute atomic E-state index is 0.0577. The van der Waals surface area contributed by atoms with Crippen molar-refractivity contribution in [2.45, 2.75) is 31.6 Å². The Labute approximate surface area is 114 Å². The summed E-state index contributed by atoms with van der Waals surface area (Å²) in [5.74, 6) is 0.342. The molecule has 0 radical (unpaired) electrons. The van der Waals surface area contributed by atoms with Crippen molar-refractivity contribution in [1.82, 2.24) is 10.3 Å². The highest BCUT2D eigenvalue weighted by atomic mass is 35.5. The summed E-state index contributed by atoms with van der Waals surface area (Å²) in [6.07, 6.45) is -2.67. The smallest absolute Gasteiger partial charge is 0.345 e. The van der Waals surface area contributed by atoms with Crippen LogP contribution in [0, 0.1) is 0 Å². The Morgan fingerprint density at radius 1 is 1.42 bits per heavy atom. The van der Waals surface area contributed by atoms with Crippen LogP contribution in [0.4, 0.5) is 19.0 Å². The molecule has 0 aliphatic heterocycles. The summed E-state index contributed by atoms with van der Waals surface area (Å²) in [6.45, 7) is -0.539. The second-order valence-electron chi connectivity index (χ2n) is 4.60. The van der Waals surface area contributed by atoms with E-state index < -0.39 is 12.7 Å². The van der Waals surface area contributed by atoms with Crippen LogP contribution in [0.25, 0.3) is 0 Å². The Kier molecular flexibility index (Phi) is 4.20.